The van der Waals surface area contributed by atoms with Crippen molar-refractivity contribution in [3.05, 3.63) is 39.6 Å². The first kappa shape index (κ1) is 16.4. The number of ether oxygens (including phenoxy) is 1. The molecule has 21 heavy (non-hydrogen) atoms. The van der Waals surface area contributed by atoms with Crippen LogP contribution in [0.3, 0.4) is 0 Å². The van der Waals surface area contributed by atoms with Crippen LogP contribution in [0.5, 0.6) is 0 Å². The van der Waals surface area contributed by atoms with Crippen LogP contribution in [0.1, 0.15) is 23.9 Å². The van der Waals surface area contributed by atoms with E-state index in [9.17, 15) is 4.39 Å². The molecule has 0 atom stereocenters. The molecule has 0 saturated carbocycles. The maximum atomic E-state index is 13.9. The van der Waals surface area contributed by atoms with Gasteiger partial charge in [0.05, 0.1) is 12.3 Å². The van der Waals surface area contributed by atoms with Crippen molar-refractivity contribution in [2.45, 2.75) is 26.5 Å². The Balaban J connectivity index is 2.31. The van der Waals surface area contributed by atoms with Gasteiger partial charge in [-0.05, 0) is 31.2 Å². The molecular weight excluding hydrogens is 311 g/mol. The van der Waals surface area contributed by atoms with Crippen LogP contribution in [0.15, 0.2) is 18.2 Å². The third-order valence-corrected chi connectivity index (χ3v) is 4.30. The predicted octanol–water partition coefficient (Wildman–Crippen LogP) is 4.25. The monoisotopic (exact) mass is 328 g/mol. The number of hydrogen-bond acceptors (Lipinski definition) is 4. The summed E-state index contributed by atoms with van der Waals surface area (Å²) in [5, 5.41) is 4.47. The van der Waals surface area contributed by atoms with Gasteiger partial charge < -0.3 is 10.1 Å². The first-order valence-corrected chi connectivity index (χ1v) is 7.98. The molecule has 0 amide bonds. The summed E-state index contributed by atoms with van der Waals surface area (Å²) in [7, 11) is 1.63. The predicted molar refractivity (Wildman–Crippen MR) is 85.2 cm³/mol. The Kier molecular flexibility index (Phi) is 6.11. The van der Waals surface area contributed by atoms with E-state index in [1.54, 1.807) is 13.2 Å². The topological polar surface area (TPSA) is 34.2 Å². The maximum absolute atomic E-state index is 13.9. The van der Waals surface area contributed by atoms with E-state index in [-0.39, 0.29) is 5.82 Å². The number of methoxy groups -OCH3 is 1. The summed E-state index contributed by atoms with van der Waals surface area (Å²) >= 11 is 7.42. The van der Waals surface area contributed by atoms with Gasteiger partial charge in [-0.15, -0.1) is 11.3 Å². The fraction of sp³-hybridized carbons (Fsp3) is 0.400. The van der Waals surface area contributed by atoms with Crippen LogP contribution >= 0.6 is 22.9 Å². The first-order chi connectivity index (χ1) is 10.2. The molecule has 0 aliphatic rings. The third-order valence-electron chi connectivity index (χ3n) is 2.93. The highest BCUT2D eigenvalue weighted by Gasteiger charge is 2.15. The van der Waals surface area contributed by atoms with Crippen molar-refractivity contribution < 1.29 is 9.13 Å². The zero-order valence-electron chi connectivity index (χ0n) is 12.1. The van der Waals surface area contributed by atoms with E-state index in [1.807, 2.05) is 0 Å². The van der Waals surface area contributed by atoms with Crippen LogP contribution in [0.25, 0.3) is 10.6 Å². The van der Waals surface area contributed by atoms with E-state index in [4.69, 9.17) is 16.3 Å². The second-order valence-electron chi connectivity index (χ2n) is 4.62. The SMILES string of the molecule is CCCNCc1sc(-c2cc(Cl)ccc2F)nc1COC. The molecule has 2 rings (SSSR count). The molecule has 0 bridgehead atoms. The lowest BCUT2D eigenvalue weighted by Crippen LogP contribution is -2.14. The van der Waals surface area contributed by atoms with E-state index in [1.165, 1.54) is 23.5 Å². The van der Waals surface area contributed by atoms with Crippen molar-refractivity contribution in [3.8, 4) is 10.6 Å². The van der Waals surface area contributed by atoms with Gasteiger partial charge in [0.25, 0.3) is 0 Å². The third kappa shape index (κ3) is 4.23. The Morgan fingerprint density at radius 1 is 1.43 bits per heavy atom. The zero-order chi connectivity index (χ0) is 15.2. The number of hydrogen-bond donors (Lipinski definition) is 1. The smallest absolute Gasteiger partial charge is 0.133 e. The molecule has 6 heteroatoms. The number of benzene rings is 1. The summed E-state index contributed by atoms with van der Waals surface area (Å²) in [6.45, 7) is 4.18. The lowest BCUT2D eigenvalue weighted by molar-refractivity contribution is 0.181. The summed E-state index contributed by atoms with van der Waals surface area (Å²) in [5.74, 6) is -0.315. The number of rotatable bonds is 7. The number of aromatic nitrogens is 1. The van der Waals surface area contributed by atoms with Crippen LogP contribution in [0.4, 0.5) is 4.39 Å². The van der Waals surface area contributed by atoms with E-state index in [2.05, 4.69) is 17.2 Å². The Hall–Kier alpha value is -1.01. The Bertz CT molecular complexity index is 603. The quantitative estimate of drug-likeness (QED) is 0.772. The Morgan fingerprint density at radius 2 is 2.24 bits per heavy atom. The Labute approximate surface area is 133 Å². The number of nitrogens with zero attached hydrogens (tertiary/aromatic N) is 1. The van der Waals surface area contributed by atoms with Crippen molar-refractivity contribution in [3.63, 3.8) is 0 Å². The second kappa shape index (κ2) is 7.84. The van der Waals surface area contributed by atoms with Crippen molar-refractivity contribution in [1.82, 2.24) is 10.3 Å². The molecular formula is C15H18ClFN2OS. The average Bonchev–Trinajstić information content (AvgIpc) is 2.85. The first-order valence-electron chi connectivity index (χ1n) is 6.79. The summed E-state index contributed by atoms with van der Waals surface area (Å²) in [6, 6.07) is 4.51. The zero-order valence-corrected chi connectivity index (χ0v) is 13.7. The van der Waals surface area contributed by atoms with Gasteiger partial charge in [0.2, 0.25) is 0 Å². The molecule has 0 fully saturated rings. The average molecular weight is 329 g/mol. The molecule has 1 N–H and O–H groups in total. The molecule has 0 saturated heterocycles. The van der Waals surface area contributed by atoms with Crippen LogP contribution in [-0.2, 0) is 17.9 Å². The molecule has 0 unspecified atom stereocenters. The number of halogens is 2. The molecule has 0 radical (unpaired) electrons. The van der Waals surface area contributed by atoms with Gasteiger partial charge in [-0.1, -0.05) is 18.5 Å². The number of thiazole rings is 1. The minimum absolute atomic E-state index is 0.315. The molecule has 2 aromatic rings. The molecule has 1 heterocycles. The standard InChI is InChI=1S/C15H18ClFN2OS/c1-3-6-18-8-14-13(9-20-2)19-15(21-14)11-7-10(16)4-5-12(11)17/h4-5,7,18H,3,6,8-9H2,1-2H3. The van der Waals surface area contributed by atoms with Crippen LogP contribution in [0, 0.1) is 5.82 Å². The minimum atomic E-state index is -0.315. The van der Waals surface area contributed by atoms with Crippen molar-refractivity contribution in [2.75, 3.05) is 13.7 Å². The lowest BCUT2D eigenvalue weighted by Gasteiger charge is -2.02. The normalized spacial score (nSPS) is 11.0. The lowest BCUT2D eigenvalue weighted by atomic mass is 10.2. The minimum Gasteiger partial charge on any atom is -0.378 e. The fourth-order valence-electron chi connectivity index (χ4n) is 1.93. The second-order valence-corrected chi connectivity index (χ2v) is 6.14. The molecule has 0 aliphatic carbocycles. The Morgan fingerprint density at radius 3 is 2.95 bits per heavy atom. The van der Waals surface area contributed by atoms with E-state index in [0.29, 0.717) is 28.7 Å². The molecule has 0 aliphatic heterocycles. The van der Waals surface area contributed by atoms with E-state index < -0.39 is 0 Å². The van der Waals surface area contributed by atoms with Gasteiger partial charge in [0.15, 0.2) is 0 Å². The van der Waals surface area contributed by atoms with E-state index >= 15 is 0 Å². The maximum Gasteiger partial charge on any atom is 0.133 e. The van der Waals surface area contributed by atoms with Crippen molar-refractivity contribution >= 4 is 22.9 Å². The van der Waals surface area contributed by atoms with Crippen molar-refractivity contribution in [1.29, 1.82) is 0 Å². The van der Waals surface area contributed by atoms with Gasteiger partial charge >= 0.3 is 0 Å². The molecule has 1 aromatic heterocycles. The number of nitrogens with one attached hydrogen (secondary N) is 1. The summed E-state index contributed by atoms with van der Waals surface area (Å²) in [4.78, 5) is 5.57. The summed E-state index contributed by atoms with van der Waals surface area (Å²) < 4.78 is 19.1. The molecule has 114 valence electrons. The van der Waals surface area contributed by atoms with Gasteiger partial charge in [-0.25, -0.2) is 9.37 Å². The van der Waals surface area contributed by atoms with Crippen LogP contribution < -0.4 is 5.32 Å². The molecule has 1 aromatic carbocycles. The highest BCUT2D eigenvalue weighted by Crippen LogP contribution is 2.32. The van der Waals surface area contributed by atoms with Crippen LogP contribution in [-0.4, -0.2) is 18.6 Å². The molecule has 3 nitrogen and oxygen atoms in total. The van der Waals surface area contributed by atoms with Gasteiger partial charge in [0, 0.05) is 29.1 Å². The summed E-state index contributed by atoms with van der Waals surface area (Å²) in [6.07, 6.45) is 1.06. The van der Waals surface area contributed by atoms with Gasteiger partial charge in [-0.3, -0.25) is 0 Å². The molecule has 0 spiro atoms. The van der Waals surface area contributed by atoms with Crippen molar-refractivity contribution in [2.24, 2.45) is 0 Å². The van der Waals surface area contributed by atoms with E-state index in [0.717, 1.165) is 23.5 Å². The highest BCUT2D eigenvalue weighted by molar-refractivity contribution is 7.15. The highest BCUT2D eigenvalue weighted by atomic mass is 35.5. The fourth-order valence-corrected chi connectivity index (χ4v) is 3.15. The van der Waals surface area contributed by atoms with Crippen LogP contribution in [0.2, 0.25) is 5.02 Å². The van der Waals surface area contributed by atoms with Gasteiger partial charge in [0.1, 0.15) is 10.8 Å². The summed E-state index contributed by atoms with van der Waals surface area (Å²) in [5.41, 5.74) is 1.28. The van der Waals surface area contributed by atoms with Gasteiger partial charge in [-0.2, -0.15) is 0 Å². The largest absolute Gasteiger partial charge is 0.378 e.